The summed E-state index contributed by atoms with van der Waals surface area (Å²) in [5.41, 5.74) is 16.5. The number of nitrogen functional groups attached to an aromatic ring is 3. The molecule has 240 valence electrons. The number of oxime groups is 1. The molecule has 2 aliphatic rings. The number of aromatic hydroxyl groups is 2. The van der Waals surface area contributed by atoms with E-state index in [0.717, 1.165) is 40.1 Å². The first-order valence-corrected chi connectivity index (χ1v) is 15.7. The number of rotatable bonds is 11. The lowest BCUT2D eigenvalue weighted by Gasteiger charge is -2.49. The van der Waals surface area contributed by atoms with Crippen LogP contribution in [0.15, 0.2) is 51.1 Å². The van der Waals surface area contributed by atoms with Crippen LogP contribution >= 0.6 is 34.9 Å². The number of thioether (sulfide) groups is 2. The number of β-lactam (4-membered cyclic amide) rings is 1. The number of fused-ring (bicyclic) bond motifs is 1. The van der Waals surface area contributed by atoms with E-state index in [0.29, 0.717) is 10.6 Å². The largest absolute Gasteiger partial charge is 0.504 e. The fourth-order valence-corrected chi connectivity index (χ4v) is 7.30. The summed E-state index contributed by atoms with van der Waals surface area (Å²) in [5, 5.41) is 46.3. The number of aliphatic carboxylic acids is 2. The van der Waals surface area contributed by atoms with Gasteiger partial charge in [-0.2, -0.15) is 4.98 Å². The van der Waals surface area contributed by atoms with Crippen LogP contribution in [-0.2, 0) is 24.0 Å². The van der Waals surface area contributed by atoms with Gasteiger partial charge in [-0.1, -0.05) is 11.2 Å². The molecule has 3 aromatic rings. The zero-order valence-electron chi connectivity index (χ0n) is 23.1. The summed E-state index contributed by atoms with van der Waals surface area (Å²) in [5.74, 6) is -5.22. The van der Waals surface area contributed by atoms with E-state index in [1.54, 1.807) is 0 Å². The van der Waals surface area contributed by atoms with Gasteiger partial charge < -0.3 is 47.8 Å². The number of hydrogen-bond donors (Lipinski definition) is 8. The van der Waals surface area contributed by atoms with E-state index in [1.165, 1.54) is 29.3 Å². The molecule has 0 radical (unpaired) electrons. The van der Waals surface area contributed by atoms with Gasteiger partial charge in [0.2, 0.25) is 12.1 Å². The molecular formula is C25H23N9O9S3. The number of nitrogens with two attached hydrogens (primary N) is 3. The molecular weight excluding hydrogens is 667 g/mol. The fraction of sp³-hybridized carbons (Fsp3) is 0.200. The minimum Gasteiger partial charge on any atom is -0.504 e. The second-order valence-corrected chi connectivity index (χ2v) is 12.5. The third kappa shape index (κ3) is 6.55. The number of benzene rings is 1. The van der Waals surface area contributed by atoms with Crippen LogP contribution < -0.4 is 22.5 Å². The second kappa shape index (κ2) is 13.0. The Morgan fingerprint density at radius 3 is 2.52 bits per heavy atom. The van der Waals surface area contributed by atoms with Crippen LogP contribution in [-0.4, -0.2) is 92.7 Å². The van der Waals surface area contributed by atoms with Crippen LogP contribution in [0.25, 0.3) is 0 Å². The maximum Gasteiger partial charge on any atom is 0.352 e. The normalized spacial score (nSPS) is 18.4. The molecule has 1 fully saturated rings. The van der Waals surface area contributed by atoms with Crippen LogP contribution in [0.3, 0.4) is 0 Å². The number of carboxylic acids is 2. The smallest absolute Gasteiger partial charge is 0.352 e. The SMILES string of the molecule is Nc1cc(SCC2=C(C(=O)O)N3C(=O)C(NC(=O)/C(=N\O[C@@H](C(=O)O)c4ccc(O)c(O)c4)c4csc(N)n4)[C@@H]3SC2)nc(N)n1. The lowest BCUT2D eigenvalue weighted by Crippen LogP contribution is -2.71. The molecule has 21 heteroatoms. The maximum atomic E-state index is 13.4. The highest BCUT2D eigenvalue weighted by Crippen LogP contribution is 2.41. The molecule has 2 aliphatic heterocycles. The minimum absolute atomic E-state index is 0.0451. The number of thiazole rings is 1. The van der Waals surface area contributed by atoms with Gasteiger partial charge in [0.1, 0.15) is 33.7 Å². The third-order valence-electron chi connectivity index (χ3n) is 6.43. The molecule has 0 bridgehead atoms. The van der Waals surface area contributed by atoms with Crippen molar-refractivity contribution >= 4 is 81.2 Å². The van der Waals surface area contributed by atoms with Gasteiger partial charge in [0, 0.05) is 28.5 Å². The van der Waals surface area contributed by atoms with Crippen LogP contribution in [0.5, 0.6) is 11.5 Å². The molecule has 1 unspecified atom stereocenters. The van der Waals surface area contributed by atoms with Gasteiger partial charge in [-0.05, 0) is 17.7 Å². The molecule has 18 nitrogen and oxygen atoms in total. The van der Waals surface area contributed by atoms with E-state index in [-0.39, 0.29) is 45.4 Å². The van der Waals surface area contributed by atoms with Gasteiger partial charge >= 0.3 is 11.9 Å². The zero-order chi connectivity index (χ0) is 33.3. The van der Waals surface area contributed by atoms with Crippen molar-refractivity contribution < 1.29 is 44.4 Å². The summed E-state index contributed by atoms with van der Waals surface area (Å²) in [4.78, 5) is 68.9. The average molecular weight is 690 g/mol. The molecule has 2 amide bonds. The lowest BCUT2D eigenvalue weighted by molar-refractivity contribution is -0.151. The van der Waals surface area contributed by atoms with E-state index >= 15 is 0 Å². The van der Waals surface area contributed by atoms with E-state index in [1.807, 2.05) is 0 Å². The van der Waals surface area contributed by atoms with Gasteiger partial charge in [0.05, 0.1) is 0 Å². The summed E-state index contributed by atoms with van der Waals surface area (Å²) >= 11 is 3.34. The van der Waals surface area contributed by atoms with Gasteiger partial charge in [0.25, 0.3) is 11.8 Å². The standard InChI is InChI=1S/C25H23N9O9S3/c26-13-4-14(31-24(27)30-13)44-5-9-6-45-21-16(20(38)34(21)17(9)22(39)40)32-19(37)15(10-7-46-25(28)29-10)33-43-18(23(41)42)8-1-2-11(35)12(36)3-8/h1-4,7,16,18,21,35-36H,5-6H2,(H2,28,29)(H,32,37)(H,39,40)(H,41,42)(H4,26,27,30,31)/b33-15-/t16?,18-,21+/m1/s1. The molecule has 1 aromatic carbocycles. The third-order valence-corrected chi connectivity index (χ3v) is 9.44. The van der Waals surface area contributed by atoms with Crippen molar-refractivity contribution in [2.24, 2.45) is 5.16 Å². The van der Waals surface area contributed by atoms with Gasteiger partial charge in [-0.3, -0.25) is 14.5 Å². The highest BCUT2D eigenvalue weighted by Gasteiger charge is 2.54. The van der Waals surface area contributed by atoms with Crippen LogP contribution in [0.4, 0.5) is 16.9 Å². The Hall–Kier alpha value is -5.28. The first-order chi connectivity index (χ1) is 21.8. The Balaban J connectivity index is 1.35. The monoisotopic (exact) mass is 689 g/mol. The Bertz CT molecular complexity index is 1800. The summed E-state index contributed by atoms with van der Waals surface area (Å²) in [6, 6.07) is 3.47. The van der Waals surface area contributed by atoms with Crippen molar-refractivity contribution in [2.75, 3.05) is 28.7 Å². The van der Waals surface area contributed by atoms with Gasteiger partial charge in [-0.15, -0.1) is 34.9 Å². The highest BCUT2D eigenvalue weighted by atomic mass is 32.2. The molecule has 0 spiro atoms. The number of hydrogen-bond acceptors (Lipinski definition) is 17. The number of aromatic nitrogens is 3. The molecule has 0 aliphatic carbocycles. The minimum atomic E-state index is -1.82. The molecule has 3 atom stereocenters. The number of nitrogens with one attached hydrogen (secondary N) is 1. The predicted octanol–water partition coefficient (Wildman–Crippen LogP) is 0.168. The molecule has 5 rings (SSSR count). The quantitative estimate of drug-likeness (QED) is 0.0332. The maximum absolute atomic E-state index is 13.4. The molecule has 46 heavy (non-hydrogen) atoms. The fourth-order valence-electron chi connectivity index (χ4n) is 4.36. The van der Waals surface area contributed by atoms with Crippen molar-refractivity contribution in [1.29, 1.82) is 0 Å². The van der Waals surface area contributed by atoms with Crippen molar-refractivity contribution in [3.05, 3.63) is 52.2 Å². The lowest BCUT2D eigenvalue weighted by atomic mass is 10.0. The zero-order valence-corrected chi connectivity index (χ0v) is 25.5. The number of carboxylic acid groups (broad SMARTS) is 2. The number of phenolic OH excluding ortho intramolecular Hbond substituents is 2. The summed E-state index contributed by atoms with van der Waals surface area (Å²) in [7, 11) is 0. The number of carbonyl (C=O) groups is 4. The summed E-state index contributed by atoms with van der Waals surface area (Å²) in [6.07, 6.45) is -1.82. The number of anilines is 3. The summed E-state index contributed by atoms with van der Waals surface area (Å²) in [6.45, 7) is 0. The second-order valence-electron chi connectivity index (χ2n) is 9.48. The molecule has 2 aromatic heterocycles. The van der Waals surface area contributed by atoms with E-state index in [2.05, 4.69) is 25.4 Å². The van der Waals surface area contributed by atoms with Crippen LogP contribution in [0.1, 0.15) is 17.4 Å². The van der Waals surface area contributed by atoms with E-state index in [4.69, 9.17) is 22.0 Å². The van der Waals surface area contributed by atoms with Crippen molar-refractivity contribution in [2.45, 2.75) is 22.5 Å². The van der Waals surface area contributed by atoms with Gasteiger partial charge in [-0.25, -0.2) is 19.6 Å². The first-order valence-electron chi connectivity index (χ1n) is 12.8. The van der Waals surface area contributed by atoms with Gasteiger partial charge in [0.15, 0.2) is 22.3 Å². The molecule has 1 saturated heterocycles. The Morgan fingerprint density at radius 1 is 1.13 bits per heavy atom. The number of nitrogens with zero attached hydrogens (tertiary/aromatic N) is 5. The number of carbonyl (C=O) groups excluding carboxylic acids is 2. The van der Waals surface area contributed by atoms with Crippen molar-refractivity contribution in [3.63, 3.8) is 0 Å². The van der Waals surface area contributed by atoms with Crippen molar-refractivity contribution in [1.82, 2.24) is 25.2 Å². The molecule has 11 N–H and O–H groups in total. The Labute approximate surface area is 270 Å². The highest BCUT2D eigenvalue weighted by molar-refractivity contribution is 8.01. The molecule has 4 heterocycles. The Kier molecular flexibility index (Phi) is 9.07. The van der Waals surface area contributed by atoms with Crippen LogP contribution in [0.2, 0.25) is 0 Å². The van der Waals surface area contributed by atoms with Crippen molar-refractivity contribution in [3.8, 4) is 11.5 Å². The van der Waals surface area contributed by atoms with E-state index < -0.39 is 58.5 Å². The predicted molar refractivity (Wildman–Crippen MR) is 166 cm³/mol. The van der Waals surface area contributed by atoms with E-state index in [9.17, 15) is 39.6 Å². The topological polar surface area (TPSA) is 303 Å². The number of amides is 2. The number of phenols is 2. The molecule has 0 saturated carbocycles. The Morgan fingerprint density at radius 2 is 1.89 bits per heavy atom. The average Bonchev–Trinajstić information content (AvgIpc) is 3.42. The summed E-state index contributed by atoms with van der Waals surface area (Å²) < 4.78 is 0. The van der Waals surface area contributed by atoms with Crippen LogP contribution in [0, 0.1) is 0 Å². The first kappa shape index (κ1) is 32.1.